The Morgan fingerprint density at radius 1 is 1.02 bits per heavy atom. The molecule has 2 unspecified atom stereocenters. The Kier molecular flexibility index (Phi) is 7.81. The number of halogens is 2. The molecular formula is C29H32Cl2N6O3S2. The number of thiophene rings is 1. The van der Waals surface area contributed by atoms with Crippen LogP contribution in [-0.4, -0.2) is 76.2 Å². The number of nitrogens with zero attached hydrogens (tertiary/aromatic N) is 5. The Morgan fingerprint density at radius 2 is 1.81 bits per heavy atom. The van der Waals surface area contributed by atoms with Crippen LogP contribution < -0.4 is 15.1 Å². The number of hydrogen-bond acceptors (Lipinski definition) is 9. The van der Waals surface area contributed by atoms with E-state index in [0.29, 0.717) is 64.6 Å². The molecule has 7 rings (SSSR count). The minimum atomic E-state index is -0.764. The minimum absolute atomic E-state index is 0.327. The number of pyridine rings is 1. The molecule has 0 spiro atoms. The van der Waals surface area contributed by atoms with Gasteiger partial charge >= 0.3 is 5.97 Å². The molecule has 1 saturated carbocycles. The first-order chi connectivity index (χ1) is 20.3. The van der Waals surface area contributed by atoms with E-state index in [1.807, 2.05) is 16.3 Å². The zero-order chi connectivity index (χ0) is 29.0. The second-order valence-electron chi connectivity index (χ2n) is 11.7. The normalized spacial score (nSPS) is 23.3. The molecule has 3 aromatic rings. The molecule has 2 N–H and O–H groups in total. The summed E-state index contributed by atoms with van der Waals surface area (Å²) in [5.41, 5.74) is 1.21. The highest BCUT2D eigenvalue weighted by Gasteiger charge is 2.47. The van der Waals surface area contributed by atoms with Crippen LogP contribution in [0.15, 0.2) is 23.7 Å². The van der Waals surface area contributed by atoms with Crippen molar-refractivity contribution in [3.8, 4) is 10.6 Å². The molecule has 3 saturated heterocycles. The first kappa shape index (κ1) is 28.3. The second-order valence-corrected chi connectivity index (χ2v) is 14.4. The van der Waals surface area contributed by atoms with Crippen LogP contribution in [0, 0.1) is 5.92 Å². The van der Waals surface area contributed by atoms with Crippen LogP contribution in [0.4, 0.5) is 16.0 Å². The summed E-state index contributed by atoms with van der Waals surface area (Å²) in [6.07, 6.45) is 9.10. The zero-order valence-corrected chi connectivity index (χ0v) is 26.1. The van der Waals surface area contributed by atoms with Crippen LogP contribution in [-0.2, 0) is 4.79 Å². The van der Waals surface area contributed by atoms with Gasteiger partial charge in [-0.25, -0.2) is 9.97 Å². The van der Waals surface area contributed by atoms with Crippen LogP contribution in [0.5, 0.6) is 0 Å². The summed E-state index contributed by atoms with van der Waals surface area (Å²) >= 11 is 15.9. The van der Waals surface area contributed by atoms with Gasteiger partial charge in [-0.2, -0.15) is 0 Å². The number of anilines is 3. The van der Waals surface area contributed by atoms with Gasteiger partial charge < -0.3 is 14.9 Å². The van der Waals surface area contributed by atoms with E-state index in [0.717, 1.165) is 34.7 Å². The van der Waals surface area contributed by atoms with E-state index >= 15 is 0 Å². The van der Waals surface area contributed by atoms with Gasteiger partial charge in [0.2, 0.25) is 0 Å². The fourth-order valence-corrected chi connectivity index (χ4v) is 9.55. The molecular weight excluding hydrogens is 615 g/mol. The van der Waals surface area contributed by atoms with Gasteiger partial charge in [0.15, 0.2) is 5.13 Å². The molecule has 3 aliphatic heterocycles. The summed E-state index contributed by atoms with van der Waals surface area (Å²) in [7, 11) is 0. The van der Waals surface area contributed by atoms with Crippen molar-refractivity contribution in [1.29, 1.82) is 0 Å². The number of carboxylic acid groups (broad SMARTS) is 1. The number of rotatable bonds is 7. The molecule has 9 nitrogen and oxygen atoms in total. The van der Waals surface area contributed by atoms with Gasteiger partial charge in [0.1, 0.15) is 16.5 Å². The predicted molar refractivity (Wildman–Crippen MR) is 169 cm³/mol. The molecule has 0 aromatic carbocycles. The first-order valence-corrected chi connectivity index (χ1v) is 17.0. The third-order valence-electron chi connectivity index (χ3n) is 9.20. The Hall–Kier alpha value is -2.44. The van der Waals surface area contributed by atoms with Crippen LogP contribution >= 0.6 is 45.9 Å². The van der Waals surface area contributed by atoms with Crippen LogP contribution in [0.2, 0.25) is 10.0 Å². The molecule has 2 bridgehead atoms. The molecule has 4 aliphatic rings. The number of carbonyl (C=O) groups excluding carboxylic acids is 1. The minimum Gasteiger partial charge on any atom is -0.481 e. The SMILES string of the molecule is O=C(Nc1nc(-c2cc(Cl)cs2)c(N2CC3CC2CN3C2CCCC2)s1)c1cnc(N2CCC(C(=O)O)CC2)c(Cl)c1. The number of amides is 1. The number of aliphatic carboxylic acids is 1. The number of piperidine rings is 1. The standard InChI is InChI=1S/C29H32Cl2N6O3S2/c30-18-10-23(41-15-18)24-27(37-14-20-11-21(37)13-36(20)19-3-1-2-4-19)42-29(33-24)34-26(38)17-9-22(31)25(32-12-17)35-7-5-16(6-8-35)28(39)40/h9-10,12,15-16,19-21H,1-8,11,13-14H2,(H,39,40)(H,33,34,38). The predicted octanol–water partition coefficient (Wildman–Crippen LogP) is 6.33. The topological polar surface area (TPSA) is 102 Å². The quantitative estimate of drug-likeness (QED) is 0.307. The van der Waals surface area contributed by atoms with Gasteiger partial charge in [0.05, 0.1) is 26.4 Å². The molecule has 222 valence electrons. The van der Waals surface area contributed by atoms with Crippen molar-refractivity contribution in [3.05, 3.63) is 39.3 Å². The van der Waals surface area contributed by atoms with Gasteiger partial charge in [0, 0.05) is 55.9 Å². The molecule has 0 radical (unpaired) electrons. The van der Waals surface area contributed by atoms with Crippen LogP contribution in [0.1, 0.15) is 55.3 Å². The van der Waals surface area contributed by atoms with Gasteiger partial charge in [-0.1, -0.05) is 47.4 Å². The monoisotopic (exact) mass is 646 g/mol. The third-order valence-corrected chi connectivity index (χ3v) is 11.8. The highest BCUT2D eigenvalue weighted by molar-refractivity contribution is 7.21. The third kappa shape index (κ3) is 5.38. The van der Waals surface area contributed by atoms with Gasteiger partial charge in [0.25, 0.3) is 5.91 Å². The average Bonchev–Trinajstić information content (AvgIpc) is 3.81. The summed E-state index contributed by atoms with van der Waals surface area (Å²) in [5.74, 6) is -0.863. The Morgan fingerprint density at radius 3 is 2.45 bits per heavy atom. The highest BCUT2D eigenvalue weighted by Crippen LogP contribution is 2.47. The number of piperazine rings is 1. The van der Waals surface area contributed by atoms with Crippen molar-refractivity contribution >= 4 is 73.7 Å². The van der Waals surface area contributed by atoms with Crippen molar-refractivity contribution in [2.24, 2.45) is 5.92 Å². The van der Waals surface area contributed by atoms with Crippen molar-refractivity contribution in [3.63, 3.8) is 0 Å². The fourth-order valence-electron chi connectivity index (χ4n) is 7.08. The van der Waals surface area contributed by atoms with E-state index in [1.165, 1.54) is 49.6 Å². The maximum Gasteiger partial charge on any atom is 0.306 e. The van der Waals surface area contributed by atoms with Crippen LogP contribution in [0.25, 0.3) is 10.6 Å². The van der Waals surface area contributed by atoms with E-state index < -0.39 is 5.97 Å². The molecule has 2 atom stereocenters. The maximum absolute atomic E-state index is 13.3. The lowest BCUT2D eigenvalue weighted by atomic mass is 9.97. The fraction of sp³-hybridized carbons (Fsp3) is 0.517. The maximum atomic E-state index is 13.3. The van der Waals surface area contributed by atoms with E-state index in [2.05, 4.69) is 20.1 Å². The van der Waals surface area contributed by atoms with Crippen molar-refractivity contribution in [2.45, 2.75) is 63.1 Å². The molecule has 4 fully saturated rings. The first-order valence-electron chi connectivity index (χ1n) is 14.6. The summed E-state index contributed by atoms with van der Waals surface area (Å²) in [4.78, 5) is 42.2. The number of likely N-dealkylation sites (tertiary alicyclic amines) is 1. The summed E-state index contributed by atoms with van der Waals surface area (Å²) in [6, 6.07) is 5.31. The number of carbonyl (C=O) groups is 2. The Bertz CT molecular complexity index is 1500. The van der Waals surface area contributed by atoms with Crippen molar-refractivity contribution in [1.82, 2.24) is 14.9 Å². The van der Waals surface area contributed by atoms with Gasteiger partial charge in [-0.3, -0.25) is 19.8 Å². The smallest absolute Gasteiger partial charge is 0.306 e. The molecule has 6 heterocycles. The lowest BCUT2D eigenvalue weighted by Gasteiger charge is -2.38. The number of aromatic nitrogens is 2. The molecule has 3 aromatic heterocycles. The summed E-state index contributed by atoms with van der Waals surface area (Å²) < 4.78 is 0. The largest absolute Gasteiger partial charge is 0.481 e. The molecule has 42 heavy (non-hydrogen) atoms. The van der Waals surface area contributed by atoms with Crippen molar-refractivity contribution < 1.29 is 14.7 Å². The van der Waals surface area contributed by atoms with E-state index in [1.54, 1.807) is 17.4 Å². The zero-order valence-electron chi connectivity index (χ0n) is 23.0. The van der Waals surface area contributed by atoms with E-state index in [4.69, 9.17) is 28.2 Å². The van der Waals surface area contributed by atoms with Gasteiger partial charge in [-0.05, 0) is 44.2 Å². The number of fused-ring (bicyclic) bond motifs is 2. The number of nitrogens with one attached hydrogen (secondary N) is 1. The van der Waals surface area contributed by atoms with Crippen molar-refractivity contribution in [2.75, 3.05) is 41.3 Å². The summed E-state index contributed by atoms with van der Waals surface area (Å²) in [6.45, 7) is 3.18. The lowest BCUT2D eigenvalue weighted by molar-refractivity contribution is -0.142. The Labute approximate surface area is 262 Å². The summed E-state index contributed by atoms with van der Waals surface area (Å²) in [5, 5.41) is 16.8. The highest BCUT2D eigenvalue weighted by atomic mass is 35.5. The van der Waals surface area contributed by atoms with E-state index in [-0.39, 0.29) is 11.8 Å². The van der Waals surface area contributed by atoms with Crippen LogP contribution in [0.3, 0.4) is 0 Å². The van der Waals surface area contributed by atoms with E-state index in [9.17, 15) is 14.7 Å². The molecule has 13 heteroatoms. The number of carboxylic acids is 1. The molecule has 1 aliphatic carbocycles. The number of thiazole rings is 1. The molecule has 1 amide bonds. The average molecular weight is 648 g/mol. The second kappa shape index (κ2) is 11.6. The Balaban J connectivity index is 1.08. The van der Waals surface area contributed by atoms with Gasteiger partial charge in [-0.15, -0.1) is 11.3 Å². The number of hydrogen-bond donors (Lipinski definition) is 2. The lowest BCUT2D eigenvalue weighted by Crippen LogP contribution is -2.49.